The van der Waals surface area contributed by atoms with E-state index in [1.54, 1.807) is 13.0 Å². The first kappa shape index (κ1) is 105. The number of aliphatic carboxylic acids is 2. The van der Waals surface area contributed by atoms with Crippen molar-refractivity contribution in [2.24, 2.45) is 22.6 Å². The number of phosphoric ester groups is 1. The summed E-state index contributed by atoms with van der Waals surface area (Å²) >= 11 is 0. The van der Waals surface area contributed by atoms with Gasteiger partial charge in [-0.1, -0.05) is 73.1 Å². The van der Waals surface area contributed by atoms with E-state index in [2.05, 4.69) is 85.5 Å². The number of carbonyl (C=O) groups excluding carboxylic acids is 6. The number of phosphoric acid groups is 1. The number of nitro groups is 1. The topological polar surface area (TPSA) is 725 Å². The van der Waals surface area contributed by atoms with Crippen LogP contribution in [0.3, 0.4) is 0 Å². The van der Waals surface area contributed by atoms with Crippen LogP contribution in [0.2, 0.25) is 0 Å². The average Bonchev–Trinajstić information content (AvgIpc) is 0.813. The van der Waals surface area contributed by atoms with Gasteiger partial charge in [-0.05, 0) is 104 Å². The van der Waals surface area contributed by atoms with E-state index in [0.29, 0.717) is 19.8 Å². The minimum Gasteiger partial charge on any atom is -0.481 e. The number of allylic oxidation sites excluding steroid dienone is 8. The molecule has 5 saturated heterocycles. The summed E-state index contributed by atoms with van der Waals surface area (Å²) in [7, 11) is -5.89. The molecular formula is C78H117N10O37P. The highest BCUT2D eigenvalue weighted by molar-refractivity contribution is 7.47. The Balaban J connectivity index is 1.17. The van der Waals surface area contributed by atoms with Crippen LogP contribution in [0.1, 0.15) is 160 Å². The van der Waals surface area contributed by atoms with Crippen molar-refractivity contribution in [3.05, 3.63) is 105 Å². The number of carbonyl (C=O) groups is 8. The van der Waals surface area contributed by atoms with E-state index in [1.165, 1.54) is 18.1 Å². The number of ketones is 1. The summed E-state index contributed by atoms with van der Waals surface area (Å²) in [6.45, 7) is 16.3. The predicted molar refractivity (Wildman–Crippen MR) is 429 cm³/mol. The van der Waals surface area contributed by atoms with Gasteiger partial charge in [-0.2, -0.15) is 0 Å². The van der Waals surface area contributed by atoms with Gasteiger partial charge in [0, 0.05) is 39.4 Å². The lowest BCUT2D eigenvalue weighted by molar-refractivity contribution is -0.385. The smallest absolute Gasteiger partial charge is 0.474 e. The number of hydrogen-bond acceptors (Lipinski definition) is 37. The number of aliphatic hydroxyl groups is 10. The molecule has 126 heavy (non-hydrogen) atoms. The second kappa shape index (κ2) is 46.7. The summed E-state index contributed by atoms with van der Waals surface area (Å²) in [6.07, 6.45) is -38.4. The van der Waals surface area contributed by atoms with Gasteiger partial charge in [0.1, 0.15) is 103 Å². The number of Topliss-reactive ketones (excluding diaryl/α,β-unsaturated/α-hetero) is 1. The molecule has 1 aromatic heterocycles. The Kier molecular flexibility index (Phi) is 38.7. The van der Waals surface area contributed by atoms with Crippen molar-refractivity contribution in [1.29, 1.82) is 0 Å². The van der Waals surface area contributed by atoms with Gasteiger partial charge in [0.25, 0.3) is 11.6 Å². The van der Waals surface area contributed by atoms with Crippen molar-refractivity contribution >= 4 is 61.0 Å². The molecule has 5 amide bonds. The summed E-state index contributed by atoms with van der Waals surface area (Å²) in [5.74, 6) is -10.3. The third kappa shape index (κ3) is 28.5. The van der Waals surface area contributed by atoms with E-state index in [1.807, 2.05) is 6.08 Å². The maximum atomic E-state index is 14.2. The van der Waals surface area contributed by atoms with Crippen molar-refractivity contribution in [2.45, 2.75) is 286 Å². The molecule has 22 N–H and O–H groups in total. The number of rotatable bonds is 45. The fourth-order valence-electron chi connectivity index (χ4n) is 14.1. The molecular weight excluding hydrogens is 1700 g/mol. The van der Waals surface area contributed by atoms with Gasteiger partial charge in [0.2, 0.25) is 29.3 Å². The monoisotopic (exact) mass is 1820 g/mol. The van der Waals surface area contributed by atoms with Crippen molar-refractivity contribution in [3.63, 3.8) is 0 Å². The highest BCUT2D eigenvalue weighted by atomic mass is 31.2. The zero-order valence-corrected chi connectivity index (χ0v) is 71.8. The number of amides is 5. The summed E-state index contributed by atoms with van der Waals surface area (Å²) in [4.78, 5) is 131. The van der Waals surface area contributed by atoms with Crippen LogP contribution in [0.4, 0.5) is 10.5 Å². The first-order valence-corrected chi connectivity index (χ1v) is 41.7. The van der Waals surface area contributed by atoms with Gasteiger partial charge >= 0.3 is 25.9 Å². The van der Waals surface area contributed by atoms with Gasteiger partial charge in [-0.25, -0.2) is 23.8 Å². The third-order valence-electron chi connectivity index (χ3n) is 21.0. The number of nitrogens with two attached hydrogens (primary N) is 3. The van der Waals surface area contributed by atoms with Crippen molar-refractivity contribution in [2.75, 3.05) is 39.5 Å². The third-order valence-corrected chi connectivity index (χ3v) is 22.0. The molecule has 5 fully saturated rings. The fourth-order valence-corrected chi connectivity index (χ4v) is 14.9. The van der Waals surface area contributed by atoms with Crippen LogP contribution in [0, 0.1) is 15.5 Å². The molecule has 5 aliphatic heterocycles. The van der Waals surface area contributed by atoms with Crippen molar-refractivity contribution in [1.82, 2.24) is 30.7 Å². The maximum absolute atomic E-state index is 14.2. The Labute approximate surface area is 722 Å². The minimum atomic E-state index is -5.89. The number of benzene rings is 1. The largest absolute Gasteiger partial charge is 0.481 e. The van der Waals surface area contributed by atoms with Crippen LogP contribution < -0.4 is 33.2 Å². The minimum absolute atomic E-state index is 0.106. The zero-order chi connectivity index (χ0) is 93.9. The first-order valence-electron chi connectivity index (χ1n) is 40.2. The number of nitrogens with one attached hydrogen (secondary N) is 3. The van der Waals surface area contributed by atoms with E-state index in [0.717, 1.165) is 80.0 Å². The highest BCUT2D eigenvalue weighted by Crippen LogP contribution is 2.49. The van der Waals surface area contributed by atoms with Crippen LogP contribution in [-0.2, 0) is 89.7 Å². The average molecular weight is 1820 g/mol. The van der Waals surface area contributed by atoms with Crippen LogP contribution >= 0.6 is 7.82 Å². The SMILES string of the molecule is C=C(C/C=C(/C)CCC=C(C)C)CCC(C)(C)/C=C/CC/C(C)=C\CO[C@@H](COP(=O)(O)O[C@H]1O[C@H](C(=O)O)[C@@](C)(O)[C@H](OC(N)=O)[C@H]1O[C@@H]1O[C@H](CO[C@@H]2O[C@H](CO)[C@@H](O)[C@H](O)[C@H]2O)[C@@H](O[C@@H]2O[C@H](C)[C@@H](O[C@@H]3O[C@H](c4nc(C(=O)CCC(=O)O)nn4-c4ccc([N+](=O)[O-])c(C(=O)NCCN)c4)[C@H](O)[C@H](O)[C@H]3O)[C@H](O)[C@H]2NC(C)=O)[C@H](O)[C@H]1NC(C)=O)C(N)=O. The van der Waals surface area contributed by atoms with Crippen molar-refractivity contribution < 1.29 is 175 Å². The molecule has 5 aliphatic rings. The van der Waals surface area contributed by atoms with Crippen LogP contribution in [-0.4, -0.2) is 326 Å². The second-order valence-electron chi connectivity index (χ2n) is 32.1. The Morgan fingerprint density at radius 3 is 1.95 bits per heavy atom. The molecule has 1 unspecified atom stereocenters. The van der Waals surface area contributed by atoms with E-state index in [-0.39, 0.29) is 30.8 Å². The normalized spacial score (nSPS) is 31.6. The van der Waals surface area contributed by atoms with Gasteiger partial charge in [0.15, 0.2) is 61.7 Å². The van der Waals surface area contributed by atoms with Gasteiger partial charge in [-0.15, -0.1) is 5.10 Å². The first-order chi connectivity index (χ1) is 59.0. The lowest BCUT2D eigenvalue weighted by Crippen LogP contribution is -2.72. The number of nitro benzene ring substituents is 1. The number of aliphatic hydroxyl groups excluding tert-OH is 9. The number of nitrogens with zero attached hydrogens (tertiary/aromatic N) is 4. The fraction of sp³-hybridized carbons (Fsp3) is 0.667. The molecule has 7 rings (SSSR count). The number of primary amides is 2. The predicted octanol–water partition coefficient (Wildman–Crippen LogP) is -1.68. The molecule has 0 bridgehead atoms. The number of carboxylic acids is 2. The summed E-state index contributed by atoms with van der Waals surface area (Å²) in [5.41, 5.74) is 16.3. The van der Waals surface area contributed by atoms with Crippen molar-refractivity contribution in [3.8, 4) is 5.69 Å². The number of aromatic nitrogens is 3. The molecule has 6 heterocycles. The van der Waals surface area contributed by atoms with E-state index < -0.39 is 275 Å². The van der Waals surface area contributed by atoms with Crippen LogP contribution in [0.15, 0.2) is 77.5 Å². The lowest BCUT2D eigenvalue weighted by atomic mass is 9.85. The second-order valence-corrected chi connectivity index (χ2v) is 33.6. The molecule has 2 aromatic rings. The molecule has 0 aliphatic carbocycles. The van der Waals surface area contributed by atoms with E-state index in [4.69, 9.17) is 78.4 Å². The van der Waals surface area contributed by atoms with E-state index >= 15 is 0 Å². The quantitative estimate of drug-likeness (QED) is 0.0116. The maximum Gasteiger partial charge on any atom is 0.474 e. The summed E-state index contributed by atoms with van der Waals surface area (Å²) in [6, 6.07) is -1.37. The number of hydrogen-bond donors (Lipinski definition) is 19. The molecule has 0 spiro atoms. The summed E-state index contributed by atoms with van der Waals surface area (Å²) < 4.78 is 90.9. The molecule has 47 nitrogen and oxygen atoms in total. The standard InChI is InChI=1S/C78H117N10O37P/c1-35(2)15-14-17-36(3)18-19-38(5)24-27-77(9,10)26-13-12-16-37(4)25-30-113-48(66(80)103)34-115-126(111,112)125-75-63(64(124-76(81)107)78(11,108)65(123-75)70(105)106)122-72-51(84-41(8)91)54(97)61(47(118-72)33-114-73-58(101)55(98)52(95)46(32-89)117-73)120-71-50(83-40(7)90)53(96)60(39(6)116-71)119-74-59(102)56(99)57(100)62(121-74)68-85-67(45(92)22-23-49(93)94)86-87(68)42-20-21-44(88(109)110)43(31-42)69(104)82-29-28-79/h13,15,18,20-21,25-26,31,39,46-48,50-65,71-75,89,95-102,108H,5,12,14,16-17,19,22-24,27-30,32-34,79H2,1-4,6-11H3,(H2,80,103)(H2,81,107)(H,82,104)(H,83,90)(H,84,91)(H,93,94)(H,105,106)(H,111,112)/b26-13+,36-18-,37-25-/t39-,46-,47-,48+,50-,51-,52-,53-,54-,55+,56+,57-,58-,59-,60-,61-,62+,63-,64-,65-,71+,72+,73-,74-,75-,78+/m1/s1. The number of carboxylic acid groups (broad SMARTS) is 2. The van der Waals surface area contributed by atoms with Crippen LogP contribution in [0.25, 0.3) is 5.69 Å². The summed E-state index contributed by atoms with van der Waals surface area (Å²) in [5, 5.41) is 158. The Hall–Kier alpha value is -8.51. The molecule has 0 radical (unpaired) electrons. The molecule has 48 heteroatoms. The van der Waals surface area contributed by atoms with Crippen LogP contribution in [0.5, 0.6) is 0 Å². The Bertz CT molecular complexity index is 4290. The van der Waals surface area contributed by atoms with Gasteiger partial charge in [0.05, 0.1) is 49.6 Å². The van der Waals surface area contributed by atoms with Gasteiger partial charge in [-0.3, -0.25) is 47.9 Å². The highest BCUT2D eigenvalue weighted by Gasteiger charge is 2.63. The lowest BCUT2D eigenvalue weighted by Gasteiger charge is -2.51. The van der Waals surface area contributed by atoms with Gasteiger partial charge < -0.3 is 151 Å². The van der Waals surface area contributed by atoms with E-state index in [9.17, 15) is 119 Å². The molecule has 27 atom stereocenters. The Morgan fingerprint density at radius 1 is 0.746 bits per heavy atom. The molecule has 0 saturated carbocycles. The molecule has 706 valence electrons. The molecule has 1 aromatic carbocycles. The zero-order valence-electron chi connectivity index (χ0n) is 70.9. The Morgan fingerprint density at radius 2 is 1.35 bits per heavy atom. The number of ether oxygens (including phenoxy) is 11.